The van der Waals surface area contributed by atoms with Gasteiger partial charge in [0.1, 0.15) is 12.9 Å². The standard InChI is InChI=1S/C14H12BrN3O2/c1-9-6-10(15)2-3-11(9)18-4-5-20-12-7-16-8-17-13(12)14(18)19/h2-3,6-8H,4-5H2,1H3. The third-order valence-electron chi connectivity index (χ3n) is 3.15. The number of benzene rings is 1. The van der Waals surface area contributed by atoms with E-state index in [9.17, 15) is 4.79 Å². The Balaban J connectivity index is 2.05. The van der Waals surface area contributed by atoms with Crippen LogP contribution in [0.4, 0.5) is 5.69 Å². The van der Waals surface area contributed by atoms with Crippen molar-refractivity contribution in [3.05, 3.63) is 46.5 Å². The minimum absolute atomic E-state index is 0.162. The Labute approximate surface area is 124 Å². The largest absolute Gasteiger partial charge is 0.488 e. The van der Waals surface area contributed by atoms with E-state index in [1.54, 1.807) is 4.90 Å². The lowest BCUT2D eigenvalue weighted by molar-refractivity contribution is 0.0985. The summed E-state index contributed by atoms with van der Waals surface area (Å²) in [6.45, 7) is 2.87. The Bertz CT molecular complexity index is 675. The van der Waals surface area contributed by atoms with Crippen LogP contribution in [0.25, 0.3) is 0 Å². The van der Waals surface area contributed by atoms with E-state index in [0.717, 1.165) is 15.7 Å². The van der Waals surface area contributed by atoms with Gasteiger partial charge in [-0.3, -0.25) is 4.79 Å². The summed E-state index contributed by atoms with van der Waals surface area (Å²) in [6.07, 6.45) is 2.89. The molecule has 1 aromatic carbocycles. The molecule has 0 fully saturated rings. The fourth-order valence-electron chi connectivity index (χ4n) is 2.21. The average molecular weight is 334 g/mol. The van der Waals surface area contributed by atoms with Gasteiger partial charge in [-0.15, -0.1) is 0 Å². The molecule has 2 aromatic rings. The zero-order valence-electron chi connectivity index (χ0n) is 10.8. The Morgan fingerprint density at radius 3 is 3.05 bits per heavy atom. The van der Waals surface area contributed by atoms with Crippen molar-refractivity contribution < 1.29 is 9.53 Å². The molecule has 2 heterocycles. The summed E-state index contributed by atoms with van der Waals surface area (Å²) in [4.78, 5) is 22.2. The molecule has 0 spiro atoms. The van der Waals surface area contributed by atoms with Crippen LogP contribution in [0.1, 0.15) is 16.1 Å². The summed E-state index contributed by atoms with van der Waals surface area (Å²) in [5.41, 5.74) is 2.19. The fourth-order valence-corrected chi connectivity index (χ4v) is 2.69. The van der Waals surface area contributed by atoms with Gasteiger partial charge in [-0.05, 0) is 30.7 Å². The number of anilines is 1. The number of carbonyl (C=O) groups is 1. The van der Waals surface area contributed by atoms with E-state index in [1.165, 1.54) is 12.5 Å². The third-order valence-corrected chi connectivity index (χ3v) is 3.64. The smallest absolute Gasteiger partial charge is 0.280 e. The SMILES string of the molecule is Cc1cc(Br)ccc1N1CCOc2cncnc2C1=O. The van der Waals surface area contributed by atoms with Gasteiger partial charge in [0.2, 0.25) is 0 Å². The number of ether oxygens (including phenoxy) is 1. The molecule has 20 heavy (non-hydrogen) atoms. The first-order chi connectivity index (χ1) is 9.66. The molecule has 0 N–H and O–H groups in total. The number of nitrogens with zero attached hydrogens (tertiary/aromatic N) is 3. The van der Waals surface area contributed by atoms with Crippen molar-refractivity contribution in [1.29, 1.82) is 0 Å². The molecule has 1 amide bonds. The molecule has 3 rings (SSSR count). The van der Waals surface area contributed by atoms with E-state index >= 15 is 0 Å². The van der Waals surface area contributed by atoms with Gasteiger partial charge >= 0.3 is 0 Å². The maximum Gasteiger partial charge on any atom is 0.280 e. The normalized spacial score (nSPS) is 14.5. The second-order valence-electron chi connectivity index (χ2n) is 4.47. The first kappa shape index (κ1) is 13.1. The van der Waals surface area contributed by atoms with E-state index in [1.807, 2.05) is 25.1 Å². The van der Waals surface area contributed by atoms with E-state index in [4.69, 9.17) is 4.74 Å². The van der Waals surface area contributed by atoms with Crippen LogP contribution in [0.2, 0.25) is 0 Å². The van der Waals surface area contributed by atoms with Gasteiger partial charge in [0.05, 0.1) is 12.7 Å². The van der Waals surface area contributed by atoms with E-state index in [-0.39, 0.29) is 5.91 Å². The van der Waals surface area contributed by atoms with Crippen LogP contribution in [0.5, 0.6) is 5.75 Å². The van der Waals surface area contributed by atoms with Gasteiger partial charge in [0.25, 0.3) is 5.91 Å². The van der Waals surface area contributed by atoms with Crippen molar-refractivity contribution in [2.75, 3.05) is 18.1 Å². The summed E-state index contributed by atoms with van der Waals surface area (Å²) >= 11 is 3.43. The molecule has 0 unspecified atom stereocenters. The van der Waals surface area contributed by atoms with Gasteiger partial charge in [-0.2, -0.15) is 0 Å². The van der Waals surface area contributed by atoms with Gasteiger partial charge in [0, 0.05) is 10.2 Å². The number of halogens is 1. The van der Waals surface area contributed by atoms with Crippen LogP contribution in [-0.2, 0) is 0 Å². The van der Waals surface area contributed by atoms with Crippen LogP contribution >= 0.6 is 15.9 Å². The number of carbonyl (C=O) groups excluding carboxylic acids is 1. The average Bonchev–Trinajstić information content (AvgIpc) is 2.59. The van der Waals surface area contributed by atoms with Crippen LogP contribution in [0, 0.1) is 6.92 Å². The van der Waals surface area contributed by atoms with Crippen LogP contribution in [-0.4, -0.2) is 29.0 Å². The molecule has 1 aromatic heterocycles. The molecule has 0 saturated carbocycles. The maximum atomic E-state index is 12.6. The topological polar surface area (TPSA) is 55.3 Å². The first-order valence-electron chi connectivity index (χ1n) is 6.17. The summed E-state index contributed by atoms with van der Waals surface area (Å²) in [6, 6.07) is 5.82. The zero-order chi connectivity index (χ0) is 14.1. The van der Waals surface area contributed by atoms with Crippen molar-refractivity contribution in [3.63, 3.8) is 0 Å². The van der Waals surface area contributed by atoms with Crippen molar-refractivity contribution in [2.45, 2.75) is 6.92 Å². The van der Waals surface area contributed by atoms with Gasteiger partial charge < -0.3 is 9.64 Å². The second-order valence-corrected chi connectivity index (χ2v) is 5.39. The molecule has 6 heteroatoms. The number of hydrogen-bond donors (Lipinski definition) is 0. The van der Waals surface area contributed by atoms with Gasteiger partial charge in [0.15, 0.2) is 11.4 Å². The number of hydrogen-bond acceptors (Lipinski definition) is 4. The molecule has 0 saturated heterocycles. The number of amides is 1. The van der Waals surface area contributed by atoms with Gasteiger partial charge in [-0.25, -0.2) is 9.97 Å². The van der Waals surface area contributed by atoms with Crippen molar-refractivity contribution in [1.82, 2.24) is 9.97 Å². The molecule has 102 valence electrons. The molecule has 0 aliphatic carbocycles. The van der Waals surface area contributed by atoms with Crippen LogP contribution in [0.3, 0.4) is 0 Å². The molecular formula is C14H12BrN3O2. The summed E-state index contributed by atoms with van der Waals surface area (Å²) in [7, 11) is 0. The number of aryl methyl sites for hydroxylation is 1. The Kier molecular flexibility index (Phi) is 3.40. The Hall–Kier alpha value is -1.95. The quantitative estimate of drug-likeness (QED) is 0.804. The van der Waals surface area contributed by atoms with Gasteiger partial charge in [-0.1, -0.05) is 15.9 Å². The lowest BCUT2D eigenvalue weighted by Crippen LogP contribution is -2.33. The Morgan fingerprint density at radius 2 is 2.25 bits per heavy atom. The highest BCUT2D eigenvalue weighted by atomic mass is 79.9. The maximum absolute atomic E-state index is 12.6. The van der Waals surface area contributed by atoms with Crippen LogP contribution in [0.15, 0.2) is 35.2 Å². The molecule has 1 aliphatic heterocycles. The third kappa shape index (κ3) is 2.27. The molecule has 1 aliphatic rings. The zero-order valence-corrected chi connectivity index (χ0v) is 12.4. The number of rotatable bonds is 1. The number of fused-ring (bicyclic) bond motifs is 1. The number of aromatic nitrogens is 2. The molecule has 5 nitrogen and oxygen atoms in total. The second kappa shape index (κ2) is 5.20. The predicted molar refractivity (Wildman–Crippen MR) is 78.1 cm³/mol. The van der Waals surface area contributed by atoms with E-state index in [2.05, 4.69) is 25.9 Å². The summed E-state index contributed by atoms with van der Waals surface area (Å²) in [5.74, 6) is 0.278. The van der Waals surface area contributed by atoms with Crippen molar-refractivity contribution in [2.24, 2.45) is 0 Å². The van der Waals surface area contributed by atoms with E-state index in [0.29, 0.717) is 24.6 Å². The Morgan fingerprint density at radius 1 is 1.40 bits per heavy atom. The minimum Gasteiger partial charge on any atom is -0.488 e. The highest BCUT2D eigenvalue weighted by Gasteiger charge is 2.26. The summed E-state index contributed by atoms with van der Waals surface area (Å²) < 4.78 is 6.52. The van der Waals surface area contributed by atoms with Crippen LogP contribution < -0.4 is 9.64 Å². The minimum atomic E-state index is -0.162. The van der Waals surface area contributed by atoms with E-state index < -0.39 is 0 Å². The molecular weight excluding hydrogens is 322 g/mol. The highest BCUT2D eigenvalue weighted by molar-refractivity contribution is 9.10. The predicted octanol–water partition coefficient (Wildman–Crippen LogP) is 2.59. The fraction of sp³-hybridized carbons (Fsp3) is 0.214. The van der Waals surface area contributed by atoms with Crippen molar-refractivity contribution >= 4 is 27.5 Å². The molecule has 0 radical (unpaired) electrons. The highest BCUT2D eigenvalue weighted by Crippen LogP contribution is 2.28. The molecule has 0 bridgehead atoms. The van der Waals surface area contributed by atoms with Crippen molar-refractivity contribution in [3.8, 4) is 5.75 Å². The lowest BCUT2D eigenvalue weighted by Gasteiger charge is -2.21. The first-order valence-corrected chi connectivity index (χ1v) is 6.97. The summed E-state index contributed by atoms with van der Waals surface area (Å²) in [5, 5.41) is 0. The lowest BCUT2D eigenvalue weighted by atomic mass is 10.1. The monoisotopic (exact) mass is 333 g/mol. The molecule has 0 atom stereocenters.